The van der Waals surface area contributed by atoms with Crippen LogP contribution in [0.2, 0.25) is 0 Å². The largest absolute Gasteiger partial charge is 0.459 e. The minimum Gasteiger partial charge on any atom is -0.459 e. The zero-order valence-electron chi connectivity index (χ0n) is 14.9. The Hall–Kier alpha value is -2.45. The molecule has 1 aliphatic rings. The molecule has 0 unspecified atom stereocenters. The third kappa shape index (κ3) is 4.02. The number of nitrogens with zero attached hydrogens (tertiary/aromatic N) is 1. The van der Waals surface area contributed by atoms with Gasteiger partial charge in [-0.15, -0.1) is 11.3 Å². The first-order valence-corrected chi connectivity index (χ1v) is 11.5. The van der Waals surface area contributed by atoms with Gasteiger partial charge in [-0.05, 0) is 54.3 Å². The van der Waals surface area contributed by atoms with E-state index in [2.05, 4.69) is 0 Å². The third-order valence-electron chi connectivity index (χ3n) is 4.76. The van der Waals surface area contributed by atoms with Gasteiger partial charge in [-0.3, -0.25) is 4.79 Å². The van der Waals surface area contributed by atoms with E-state index in [-0.39, 0.29) is 35.8 Å². The van der Waals surface area contributed by atoms with Gasteiger partial charge in [0, 0.05) is 11.6 Å². The summed E-state index contributed by atoms with van der Waals surface area (Å²) in [6.07, 6.45) is 0.422. The molecule has 0 aliphatic carbocycles. The zero-order valence-corrected chi connectivity index (χ0v) is 16.5. The van der Waals surface area contributed by atoms with Gasteiger partial charge in [0.25, 0.3) is 5.91 Å². The monoisotopic (exact) mass is 419 g/mol. The predicted octanol–water partition coefficient (Wildman–Crippen LogP) is 3.98. The Morgan fingerprint density at radius 1 is 1.18 bits per heavy atom. The summed E-state index contributed by atoms with van der Waals surface area (Å²) in [6.45, 7) is 0.179. The van der Waals surface area contributed by atoms with Crippen LogP contribution in [0.25, 0.3) is 11.3 Å². The minimum atomic E-state index is -3.13. The molecule has 4 rings (SSSR count). The van der Waals surface area contributed by atoms with E-state index < -0.39 is 9.84 Å². The number of amides is 1. The molecular formula is C20H18FNO4S2. The highest BCUT2D eigenvalue weighted by Crippen LogP contribution is 2.27. The van der Waals surface area contributed by atoms with Crippen LogP contribution in [0, 0.1) is 5.82 Å². The van der Waals surface area contributed by atoms with Crippen molar-refractivity contribution >= 4 is 27.1 Å². The molecule has 1 fully saturated rings. The average molecular weight is 419 g/mol. The predicted molar refractivity (Wildman–Crippen MR) is 105 cm³/mol. The number of hydrogen-bond acceptors (Lipinski definition) is 5. The molecular weight excluding hydrogens is 401 g/mol. The highest BCUT2D eigenvalue weighted by atomic mass is 32.2. The second-order valence-corrected chi connectivity index (χ2v) is 9.92. The fraction of sp³-hybridized carbons (Fsp3) is 0.250. The van der Waals surface area contributed by atoms with Crippen molar-refractivity contribution in [3.05, 3.63) is 70.4 Å². The Morgan fingerprint density at radius 2 is 1.96 bits per heavy atom. The molecule has 1 aromatic carbocycles. The van der Waals surface area contributed by atoms with Gasteiger partial charge in [0.15, 0.2) is 9.84 Å². The molecule has 0 bridgehead atoms. The molecule has 3 aromatic rings. The number of furan rings is 1. The van der Waals surface area contributed by atoms with Crippen molar-refractivity contribution in [2.75, 3.05) is 11.5 Å². The molecule has 3 heterocycles. The van der Waals surface area contributed by atoms with Crippen LogP contribution < -0.4 is 0 Å². The molecule has 0 saturated carbocycles. The molecule has 5 nitrogen and oxygen atoms in total. The quantitative estimate of drug-likeness (QED) is 0.627. The van der Waals surface area contributed by atoms with Crippen LogP contribution in [0.1, 0.15) is 21.9 Å². The topological polar surface area (TPSA) is 67.6 Å². The maximum Gasteiger partial charge on any atom is 0.264 e. The molecule has 1 amide bonds. The summed E-state index contributed by atoms with van der Waals surface area (Å²) in [4.78, 5) is 15.1. The van der Waals surface area contributed by atoms with Crippen molar-refractivity contribution in [2.24, 2.45) is 0 Å². The first-order chi connectivity index (χ1) is 13.4. The van der Waals surface area contributed by atoms with Gasteiger partial charge in [0.05, 0.1) is 22.9 Å². The lowest BCUT2D eigenvalue weighted by Crippen LogP contribution is -2.40. The Kier molecular flexibility index (Phi) is 5.07. The lowest BCUT2D eigenvalue weighted by molar-refractivity contribution is 0.0671. The molecule has 146 valence electrons. The number of halogens is 1. The number of hydrogen-bond donors (Lipinski definition) is 0. The summed E-state index contributed by atoms with van der Waals surface area (Å²) in [5.74, 6) is 0.647. The lowest BCUT2D eigenvalue weighted by Gasteiger charge is -2.27. The van der Waals surface area contributed by atoms with Gasteiger partial charge >= 0.3 is 0 Å². The van der Waals surface area contributed by atoms with E-state index in [0.29, 0.717) is 22.8 Å². The third-order valence-corrected chi connectivity index (χ3v) is 7.37. The maximum absolute atomic E-state index is 13.1. The minimum absolute atomic E-state index is 0.0321. The first-order valence-electron chi connectivity index (χ1n) is 8.81. The molecule has 1 saturated heterocycles. The molecule has 8 heteroatoms. The number of sulfone groups is 1. The summed E-state index contributed by atoms with van der Waals surface area (Å²) in [6, 6.07) is 12.6. The average Bonchev–Trinajstić information content (AvgIpc) is 3.41. The number of benzene rings is 1. The molecule has 1 aliphatic heterocycles. The van der Waals surface area contributed by atoms with Crippen LogP contribution >= 0.6 is 11.3 Å². The van der Waals surface area contributed by atoms with Crippen molar-refractivity contribution in [3.63, 3.8) is 0 Å². The summed E-state index contributed by atoms with van der Waals surface area (Å²) in [7, 11) is -3.13. The van der Waals surface area contributed by atoms with E-state index >= 15 is 0 Å². The highest BCUT2D eigenvalue weighted by Gasteiger charge is 2.35. The molecule has 1 atom stereocenters. The van der Waals surface area contributed by atoms with Crippen LogP contribution in [-0.4, -0.2) is 36.8 Å². The summed E-state index contributed by atoms with van der Waals surface area (Å²) < 4.78 is 42.8. The van der Waals surface area contributed by atoms with Crippen LogP contribution in [-0.2, 0) is 16.4 Å². The van der Waals surface area contributed by atoms with Crippen molar-refractivity contribution in [2.45, 2.75) is 19.0 Å². The Morgan fingerprint density at radius 3 is 2.61 bits per heavy atom. The SMILES string of the molecule is O=C(c1cccs1)N(Cc1ccc(-c2ccc(F)cc2)o1)[C@@H]1CCS(=O)(=O)C1. The van der Waals surface area contributed by atoms with Crippen molar-refractivity contribution in [1.82, 2.24) is 4.90 Å². The van der Waals surface area contributed by atoms with Gasteiger partial charge in [0.1, 0.15) is 17.3 Å². The fourth-order valence-corrected chi connectivity index (χ4v) is 5.74. The summed E-state index contributed by atoms with van der Waals surface area (Å²) >= 11 is 1.33. The maximum atomic E-state index is 13.1. The second kappa shape index (κ2) is 7.52. The second-order valence-electron chi connectivity index (χ2n) is 6.74. The van der Waals surface area contributed by atoms with Gasteiger partial charge in [-0.25, -0.2) is 12.8 Å². The van der Waals surface area contributed by atoms with Crippen molar-refractivity contribution < 1.29 is 22.0 Å². The van der Waals surface area contributed by atoms with Crippen molar-refractivity contribution in [3.8, 4) is 11.3 Å². The van der Waals surface area contributed by atoms with Gasteiger partial charge in [-0.2, -0.15) is 0 Å². The van der Waals surface area contributed by atoms with E-state index in [0.717, 1.165) is 5.56 Å². The number of rotatable bonds is 5. The van der Waals surface area contributed by atoms with E-state index in [1.165, 1.54) is 23.5 Å². The van der Waals surface area contributed by atoms with Gasteiger partial charge in [-0.1, -0.05) is 6.07 Å². The Labute approximate surface area is 166 Å². The molecule has 0 spiro atoms. The standard InChI is InChI=1S/C20H18FNO4S2/c21-15-5-3-14(4-6-15)18-8-7-17(26-18)12-22(16-9-11-28(24,25)13-16)20(23)19-2-1-10-27-19/h1-8,10,16H,9,11-13H2/t16-/m1/s1. The van der Waals surface area contributed by atoms with Crippen molar-refractivity contribution in [1.29, 1.82) is 0 Å². The molecule has 0 radical (unpaired) electrons. The van der Waals surface area contributed by atoms with Crippen LogP contribution in [0.5, 0.6) is 0 Å². The fourth-order valence-electron chi connectivity index (χ4n) is 3.33. The summed E-state index contributed by atoms with van der Waals surface area (Å²) in [5, 5.41) is 1.82. The number of thiophene rings is 1. The first kappa shape index (κ1) is 18.9. The van der Waals surface area contributed by atoms with Crippen LogP contribution in [0.3, 0.4) is 0 Å². The number of carbonyl (C=O) groups excluding carboxylic acids is 1. The van der Waals surface area contributed by atoms with E-state index in [1.54, 1.807) is 41.3 Å². The van der Waals surface area contributed by atoms with Crippen LogP contribution in [0.15, 0.2) is 58.3 Å². The Bertz CT molecular complexity index is 1070. The normalized spacial score (nSPS) is 18.2. The molecule has 0 N–H and O–H groups in total. The van der Waals surface area contributed by atoms with Gasteiger partial charge in [0.2, 0.25) is 0 Å². The smallest absolute Gasteiger partial charge is 0.264 e. The van der Waals surface area contributed by atoms with E-state index in [1.807, 2.05) is 5.38 Å². The van der Waals surface area contributed by atoms with Gasteiger partial charge < -0.3 is 9.32 Å². The lowest BCUT2D eigenvalue weighted by atomic mass is 10.2. The van der Waals surface area contributed by atoms with E-state index in [9.17, 15) is 17.6 Å². The number of carbonyl (C=O) groups is 1. The highest BCUT2D eigenvalue weighted by molar-refractivity contribution is 7.91. The molecule has 2 aromatic heterocycles. The van der Waals surface area contributed by atoms with E-state index in [4.69, 9.17) is 4.42 Å². The Balaban J connectivity index is 1.59. The van der Waals surface area contributed by atoms with Crippen LogP contribution in [0.4, 0.5) is 4.39 Å². The zero-order chi connectivity index (χ0) is 19.7. The summed E-state index contributed by atoms with van der Waals surface area (Å²) in [5.41, 5.74) is 0.729. The molecule has 28 heavy (non-hydrogen) atoms.